The van der Waals surface area contributed by atoms with Crippen LogP contribution < -0.4 is 11.5 Å². The third-order valence-electron chi connectivity index (χ3n) is 6.73. The summed E-state index contributed by atoms with van der Waals surface area (Å²) in [6.45, 7) is 1.81. The second-order valence-electron chi connectivity index (χ2n) is 8.63. The Balaban J connectivity index is 1.71. The second-order valence-corrected chi connectivity index (χ2v) is 9.68. The molecule has 11 heteroatoms. The van der Waals surface area contributed by atoms with E-state index in [4.69, 9.17) is 11.5 Å². The van der Waals surface area contributed by atoms with E-state index in [0.717, 1.165) is 29.5 Å². The zero-order chi connectivity index (χ0) is 26.6. The molecule has 0 spiro atoms. The van der Waals surface area contributed by atoms with Crippen LogP contribution in [0.5, 0.6) is 0 Å². The summed E-state index contributed by atoms with van der Waals surface area (Å²) in [4.78, 5) is 18.9. The van der Waals surface area contributed by atoms with Gasteiger partial charge >= 0.3 is 0 Å². The number of benzene rings is 2. The lowest BCUT2D eigenvalue weighted by Gasteiger charge is -2.35. The van der Waals surface area contributed by atoms with Gasteiger partial charge in [0.25, 0.3) is 12.3 Å². The van der Waals surface area contributed by atoms with E-state index < -0.39 is 41.1 Å². The molecular weight excluding hydrogens is 506 g/mol. The number of alkyl halides is 2. The molecule has 4 aromatic rings. The Bertz CT molecular complexity index is 1630. The summed E-state index contributed by atoms with van der Waals surface area (Å²) in [5, 5.41) is 9.55. The minimum atomic E-state index is -3.15. The second kappa shape index (κ2) is 9.05. The molecule has 37 heavy (non-hydrogen) atoms. The van der Waals surface area contributed by atoms with E-state index >= 15 is 4.39 Å². The van der Waals surface area contributed by atoms with Crippen LogP contribution in [0.1, 0.15) is 52.0 Å². The van der Waals surface area contributed by atoms with Crippen molar-refractivity contribution in [3.8, 4) is 17.2 Å². The van der Waals surface area contributed by atoms with E-state index in [1.807, 2.05) is 6.07 Å². The van der Waals surface area contributed by atoms with Gasteiger partial charge in [0, 0.05) is 40.4 Å². The Kier molecular flexibility index (Phi) is 6.00. The Morgan fingerprint density at radius 3 is 2.59 bits per heavy atom. The van der Waals surface area contributed by atoms with Crippen LogP contribution in [-0.4, -0.2) is 22.3 Å². The number of carbonyl (C=O) groups is 1. The van der Waals surface area contributed by atoms with Crippen molar-refractivity contribution in [2.24, 2.45) is 0 Å². The average Bonchev–Trinajstić information content (AvgIpc) is 3.21. The van der Waals surface area contributed by atoms with Gasteiger partial charge in [-0.3, -0.25) is 4.79 Å². The van der Waals surface area contributed by atoms with Crippen molar-refractivity contribution in [2.45, 2.75) is 25.8 Å². The van der Waals surface area contributed by atoms with Gasteiger partial charge in [-0.1, -0.05) is 12.1 Å². The van der Waals surface area contributed by atoms with E-state index in [0.29, 0.717) is 5.56 Å². The number of thiophene rings is 1. The third kappa shape index (κ3) is 3.76. The van der Waals surface area contributed by atoms with Crippen LogP contribution in [-0.2, 0) is 6.42 Å². The maximum Gasteiger partial charge on any atom is 0.264 e. The first-order valence-corrected chi connectivity index (χ1v) is 12.0. The lowest BCUT2D eigenvalue weighted by atomic mass is 9.85. The molecule has 0 saturated heterocycles. The molecule has 1 aliphatic rings. The predicted octanol–water partition coefficient (Wildman–Crippen LogP) is 5.97. The number of anilines is 2. The van der Waals surface area contributed by atoms with Crippen LogP contribution in [0.3, 0.4) is 0 Å². The van der Waals surface area contributed by atoms with Crippen molar-refractivity contribution in [3.05, 3.63) is 76.0 Å². The standard InChI is InChI=1S/C26H19F4N5OS/c1-11(12-3-2-7-34-24(12)32)35-8-6-13-15(26(35)36)9-18(28)20(21(13)23(29)30)14-4-5-17(27)22-19(14)16(10-31)25(33)37-22/h2-5,7,9,11,23H,6,8,33H2,1H3,(H2,32,34)/t11-/m1/s1. The number of hydrogen-bond acceptors (Lipinski definition) is 6. The van der Waals surface area contributed by atoms with Gasteiger partial charge in [0.2, 0.25) is 0 Å². The third-order valence-corrected chi connectivity index (χ3v) is 7.76. The SMILES string of the molecule is C[C@H](c1cccnc1N)N1CCc2c(cc(F)c(-c3ccc(F)c4sc(N)c(C#N)c34)c2C(F)F)C1=O. The first kappa shape index (κ1) is 24.5. The Morgan fingerprint density at radius 1 is 1.16 bits per heavy atom. The first-order chi connectivity index (χ1) is 17.6. The largest absolute Gasteiger partial charge is 0.389 e. The topological polar surface area (TPSA) is 109 Å². The van der Waals surface area contributed by atoms with Crippen LogP contribution in [0.2, 0.25) is 0 Å². The van der Waals surface area contributed by atoms with E-state index in [-0.39, 0.29) is 56.1 Å². The van der Waals surface area contributed by atoms with Gasteiger partial charge in [-0.15, -0.1) is 11.3 Å². The van der Waals surface area contributed by atoms with Gasteiger partial charge in [-0.2, -0.15) is 5.26 Å². The quantitative estimate of drug-likeness (QED) is 0.319. The molecule has 0 saturated carbocycles. The van der Waals surface area contributed by atoms with Gasteiger partial charge in [0.05, 0.1) is 16.3 Å². The summed E-state index contributed by atoms with van der Waals surface area (Å²) in [6.07, 6.45) is -1.61. The molecule has 2 aromatic heterocycles. The zero-order valence-electron chi connectivity index (χ0n) is 19.4. The molecule has 1 atom stereocenters. The Hall–Kier alpha value is -4.17. The highest BCUT2D eigenvalue weighted by molar-refractivity contribution is 7.23. The highest BCUT2D eigenvalue weighted by Crippen LogP contribution is 2.46. The monoisotopic (exact) mass is 525 g/mol. The molecule has 0 fully saturated rings. The van der Waals surface area contributed by atoms with Gasteiger partial charge in [-0.25, -0.2) is 22.5 Å². The number of pyridine rings is 1. The number of nitrogens with two attached hydrogens (primary N) is 2. The number of nitrogens with zero attached hydrogens (tertiary/aromatic N) is 3. The van der Waals surface area contributed by atoms with Gasteiger partial charge in [0.1, 0.15) is 28.5 Å². The molecular formula is C26H19F4N5OS. The molecule has 4 N–H and O–H groups in total. The number of aromatic nitrogens is 1. The Morgan fingerprint density at radius 2 is 1.92 bits per heavy atom. The number of fused-ring (bicyclic) bond motifs is 2. The van der Waals surface area contributed by atoms with Crippen molar-refractivity contribution in [1.82, 2.24) is 9.88 Å². The number of nitriles is 1. The first-order valence-electron chi connectivity index (χ1n) is 11.2. The minimum absolute atomic E-state index is 0.00435. The number of hydrogen-bond donors (Lipinski definition) is 2. The fraction of sp³-hybridized carbons (Fsp3) is 0.192. The molecule has 3 heterocycles. The summed E-state index contributed by atoms with van der Waals surface area (Å²) < 4.78 is 59.3. The lowest BCUT2D eigenvalue weighted by Crippen LogP contribution is -2.40. The summed E-state index contributed by atoms with van der Waals surface area (Å²) in [7, 11) is 0. The molecule has 1 aliphatic heterocycles. The number of nitrogen functional groups attached to an aromatic ring is 2. The van der Waals surface area contributed by atoms with Gasteiger partial charge < -0.3 is 16.4 Å². The molecule has 2 aromatic carbocycles. The van der Waals surface area contributed by atoms with Gasteiger partial charge in [0.15, 0.2) is 0 Å². The van der Waals surface area contributed by atoms with E-state index in [2.05, 4.69) is 4.98 Å². The molecule has 0 aliphatic carbocycles. The van der Waals surface area contributed by atoms with Crippen molar-refractivity contribution in [2.75, 3.05) is 18.0 Å². The summed E-state index contributed by atoms with van der Waals surface area (Å²) in [5.41, 5.74) is 10.9. The molecule has 0 bridgehead atoms. The normalized spacial score (nSPS) is 14.2. The number of halogens is 4. The molecule has 188 valence electrons. The van der Waals surface area contributed by atoms with Crippen LogP contribution >= 0.6 is 11.3 Å². The van der Waals surface area contributed by atoms with Gasteiger partial charge in [-0.05, 0) is 42.7 Å². The van der Waals surface area contributed by atoms with Crippen molar-refractivity contribution in [3.63, 3.8) is 0 Å². The maximum atomic E-state index is 15.7. The van der Waals surface area contributed by atoms with E-state index in [1.54, 1.807) is 19.1 Å². The summed E-state index contributed by atoms with van der Waals surface area (Å²) in [5.74, 6) is -2.18. The van der Waals surface area contributed by atoms with Crippen molar-refractivity contribution < 1.29 is 22.4 Å². The highest BCUT2D eigenvalue weighted by atomic mass is 32.1. The van der Waals surface area contributed by atoms with Crippen LogP contribution in [0, 0.1) is 23.0 Å². The zero-order valence-corrected chi connectivity index (χ0v) is 20.2. The van der Waals surface area contributed by atoms with Crippen LogP contribution in [0.4, 0.5) is 28.4 Å². The predicted molar refractivity (Wildman–Crippen MR) is 133 cm³/mol. The van der Waals surface area contributed by atoms with Crippen molar-refractivity contribution in [1.29, 1.82) is 5.26 Å². The number of carbonyl (C=O) groups excluding carboxylic acids is 1. The highest BCUT2D eigenvalue weighted by Gasteiger charge is 2.36. The molecule has 0 radical (unpaired) electrons. The number of rotatable bonds is 4. The van der Waals surface area contributed by atoms with Crippen molar-refractivity contribution >= 4 is 38.1 Å². The fourth-order valence-electron chi connectivity index (χ4n) is 5.00. The maximum absolute atomic E-state index is 15.7. The van der Waals surface area contributed by atoms with Crippen LogP contribution in [0.25, 0.3) is 21.2 Å². The molecule has 0 unspecified atom stereocenters. The smallest absolute Gasteiger partial charge is 0.264 e. The molecule has 5 rings (SSSR count). The van der Waals surface area contributed by atoms with E-state index in [1.165, 1.54) is 11.1 Å². The minimum Gasteiger partial charge on any atom is -0.389 e. The summed E-state index contributed by atoms with van der Waals surface area (Å²) in [6, 6.07) is 7.83. The van der Waals surface area contributed by atoms with Crippen LogP contribution in [0.15, 0.2) is 36.5 Å². The molecule has 1 amide bonds. The summed E-state index contributed by atoms with van der Waals surface area (Å²) >= 11 is 0.785. The fourth-order valence-corrected chi connectivity index (χ4v) is 5.95. The molecule has 6 nitrogen and oxygen atoms in total. The Labute approximate surface area is 212 Å². The lowest BCUT2D eigenvalue weighted by molar-refractivity contribution is 0.0669. The average molecular weight is 526 g/mol. The number of amides is 1. The van der Waals surface area contributed by atoms with E-state index in [9.17, 15) is 23.2 Å².